The Kier molecular flexibility index (Phi) is 3.49. The fraction of sp³-hybridized carbons (Fsp3) is 0.182. The number of halogens is 2. The van der Waals surface area contributed by atoms with Crippen LogP contribution in [0.1, 0.15) is 5.69 Å². The summed E-state index contributed by atoms with van der Waals surface area (Å²) in [5.41, 5.74) is 1.37. The first-order chi connectivity index (χ1) is 9.54. The summed E-state index contributed by atoms with van der Waals surface area (Å²) in [7, 11) is -1.20. The van der Waals surface area contributed by atoms with Crippen LogP contribution in [0.5, 0.6) is 0 Å². The van der Waals surface area contributed by atoms with E-state index in [2.05, 4.69) is 15.2 Å². The first-order valence-electron chi connectivity index (χ1n) is 5.58. The van der Waals surface area contributed by atoms with Crippen LogP contribution in [-0.2, 0) is 17.3 Å². The maximum Gasteiger partial charge on any atom is 0.221 e. The van der Waals surface area contributed by atoms with Gasteiger partial charge in [0.05, 0.1) is 33.1 Å². The molecule has 0 bridgehead atoms. The van der Waals surface area contributed by atoms with Gasteiger partial charge in [-0.05, 0) is 6.07 Å². The van der Waals surface area contributed by atoms with Gasteiger partial charge in [-0.15, -0.1) is 10.2 Å². The molecule has 0 aromatic carbocycles. The molecule has 0 saturated carbocycles. The quantitative estimate of drug-likeness (QED) is 0.737. The monoisotopic (exact) mass is 329 g/mol. The highest BCUT2D eigenvalue weighted by atomic mass is 35.5. The molecule has 0 unspecified atom stereocenters. The van der Waals surface area contributed by atoms with Gasteiger partial charge in [0.1, 0.15) is 6.33 Å². The van der Waals surface area contributed by atoms with Gasteiger partial charge in [-0.2, -0.15) is 0 Å². The number of pyridine rings is 1. The van der Waals surface area contributed by atoms with Gasteiger partial charge >= 0.3 is 0 Å². The Labute approximate surface area is 126 Å². The molecule has 0 aliphatic heterocycles. The molecule has 9 heteroatoms. The summed E-state index contributed by atoms with van der Waals surface area (Å²) in [6.07, 6.45) is 6.62. The van der Waals surface area contributed by atoms with E-state index < -0.39 is 10.8 Å². The molecule has 0 fully saturated rings. The third-order valence-electron chi connectivity index (χ3n) is 2.69. The highest BCUT2D eigenvalue weighted by molar-refractivity contribution is 7.84. The lowest BCUT2D eigenvalue weighted by atomic mass is 10.5. The van der Waals surface area contributed by atoms with E-state index in [4.69, 9.17) is 23.2 Å². The van der Waals surface area contributed by atoms with E-state index in [1.54, 1.807) is 27.5 Å². The number of hydrogen-bond donors (Lipinski definition) is 0. The predicted octanol–water partition coefficient (Wildman–Crippen LogP) is 2.02. The molecular formula is C11H9Cl2N5OS. The van der Waals surface area contributed by atoms with E-state index in [9.17, 15) is 4.21 Å². The van der Waals surface area contributed by atoms with Crippen LogP contribution in [0.3, 0.4) is 0 Å². The summed E-state index contributed by atoms with van der Waals surface area (Å²) in [4.78, 5) is 4.43. The second-order valence-electron chi connectivity index (χ2n) is 4.16. The van der Waals surface area contributed by atoms with Crippen LogP contribution in [0.4, 0.5) is 0 Å². The molecule has 3 aromatic rings. The summed E-state index contributed by atoms with van der Waals surface area (Å²) in [5.74, 6) is 0. The fourth-order valence-electron chi connectivity index (χ4n) is 1.90. The fourth-order valence-corrected chi connectivity index (χ4v) is 3.03. The zero-order chi connectivity index (χ0) is 14.3. The van der Waals surface area contributed by atoms with Crippen LogP contribution in [0.2, 0.25) is 10.0 Å². The van der Waals surface area contributed by atoms with E-state index >= 15 is 0 Å². The van der Waals surface area contributed by atoms with Crippen molar-refractivity contribution in [2.45, 2.75) is 11.7 Å². The molecule has 0 saturated heterocycles. The van der Waals surface area contributed by atoms with Gasteiger partial charge in [-0.25, -0.2) is 4.98 Å². The summed E-state index contributed by atoms with van der Waals surface area (Å²) < 4.78 is 15.0. The van der Waals surface area contributed by atoms with E-state index in [-0.39, 0.29) is 0 Å². The Balaban J connectivity index is 2.01. The van der Waals surface area contributed by atoms with Crippen molar-refractivity contribution >= 4 is 39.6 Å². The second kappa shape index (κ2) is 5.16. The summed E-state index contributed by atoms with van der Waals surface area (Å²) in [5, 5.41) is 9.01. The highest BCUT2D eigenvalue weighted by Gasteiger charge is 2.11. The Bertz CT molecular complexity index is 812. The van der Waals surface area contributed by atoms with E-state index in [1.165, 1.54) is 6.33 Å². The minimum atomic E-state index is -1.20. The predicted molar refractivity (Wildman–Crippen MR) is 76.7 cm³/mol. The van der Waals surface area contributed by atoms with Crippen molar-refractivity contribution in [2.75, 3.05) is 6.26 Å². The van der Waals surface area contributed by atoms with Crippen molar-refractivity contribution in [1.82, 2.24) is 24.1 Å². The van der Waals surface area contributed by atoms with Crippen molar-refractivity contribution in [3.8, 4) is 0 Å². The third-order valence-corrected chi connectivity index (χ3v) is 4.01. The van der Waals surface area contributed by atoms with Crippen LogP contribution >= 0.6 is 23.2 Å². The number of fused-ring (bicyclic) bond motifs is 1. The maximum absolute atomic E-state index is 11.5. The lowest BCUT2D eigenvalue weighted by Crippen LogP contribution is -2.05. The average molecular weight is 330 g/mol. The smallest absolute Gasteiger partial charge is 0.221 e. The maximum atomic E-state index is 11.5. The van der Waals surface area contributed by atoms with Crippen LogP contribution in [0.25, 0.3) is 5.65 Å². The van der Waals surface area contributed by atoms with Crippen molar-refractivity contribution in [1.29, 1.82) is 0 Å². The van der Waals surface area contributed by atoms with E-state index in [0.717, 1.165) is 5.69 Å². The van der Waals surface area contributed by atoms with Gasteiger partial charge in [0.25, 0.3) is 0 Å². The topological polar surface area (TPSA) is 65.1 Å². The Morgan fingerprint density at radius 2 is 2.15 bits per heavy atom. The molecule has 6 nitrogen and oxygen atoms in total. The summed E-state index contributed by atoms with van der Waals surface area (Å²) >= 11 is 12.0. The van der Waals surface area contributed by atoms with Gasteiger partial charge < -0.3 is 8.97 Å². The molecule has 0 aliphatic carbocycles. The zero-order valence-corrected chi connectivity index (χ0v) is 12.7. The molecule has 0 amide bonds. The Hall–Kier alpha value is -1.44. The van der Waals surface area contributed by atoms with Crippen molar-refractivity contribution < 1.29 is 4.21 Å². The van der Waals surface area contributed by atoms with Crippen molar-refractivity contribution in [3.63, 3.8) is 0 Å². The van der Waals surface area contributed by atoms with E-state index in [1.807, 2.05) is 6.20 Å². The molecule has 3 aromatic heterocycles. The molecule has 1 atom stereocenters. The molecule has 20 heavy (non-hydrogen) atoms. The molecule has 3 heterocycles. The standard InChI is InChI=1S/C11H9Cl2N5OS/c1-20(19)11-16-14-6-18(11)5-8-4-17-3-7(12)2-9(13)10(17)15-8/h2-4,6H,5H2,1H3/t20-/m1/s1. The van der Waals surface area contributed by atoms with Gasteiger partial charge in [0.2, 0.25) is 5.16 Å². The number of nitrogens with zero attached hydrogens (tertiary/aromatic N) is 5. The molecule has 0 N–H and O–H groups in total. The van der Waals surface area contributed by atoms with Crippen LogP contribution in [0, 0.1) is 0 Å². The van der Waals surface area contributed by atoms with Gasteiger partial charge in [-0.3, -0.25) is 4.21 Å². The van der Waals surface area contributed by atoms with E-state index in [0.29, 0.717) is 27.4 Å². The number of hydrogen-bond acceptors (Lipinski definition) is 4. The molecule has 104 valence electrons. The number of aromatic nitrogens is 5. The zero-order valence-electron chi connectivity index (χ0n) is 10.3. The number of imidazole rings is 1. The SMILES string of the molecule is C[S@@](=O)c1nncn1Cc1cn2cc(Cl)cc(Cl)c2n1. The second-order valence-corrected chi connectivity index (χ2v) is 6.28. The van der Waals surface area contributed by atoms with Crippen LogP contribution in [-0.4, -0.2) is 34.6 Å². The van der Waals surface area contributed by atoms with Crippen LogP contribution < -0.4 is 0 Å². The molecule has 0 aliphatic rings. The van der Waals surface area contributed by atoms with Crippen LogP contribution in [0.15, 0.2) is 29.9 Å². The molecule has 3 rings (SSSR count). The minimum Gasteiger partial charge on any atom is -0.304 e. The number of rotatable bonds is 3. The van der Waals surface area contributed by atoms with Gasteiger partial charge in [-0.1, -0.05) is 23.2 Å². The first kappa shape index (κ1) is 13.5. The van der Waals surface area contributed by atoms with Crippen molar-refractivity contribution in [2.24, 2.45) is 0 Å². The van der Waals surface area contributed by atoms with Crippen molar-refractivity contribution in [3.05, 3.63) is 40.5 Å². The first-order valence-corrected chi connectivity index (χ1v) is 7.90. The van der Waals surface area contributed by atoms with Gasteiger partial charge in [0, 0.05) is 18.6 Å². The highest BCUT2D eigenvalue weighted by Crippen LogP contribution is 2.22. The molecular weight excluding hydrogens is 321 g/mol. The normalized spacial score (nSPS) is 12.9. The largest absolute Gasteiger partial charge is 0.304 e. The third kappa shape index (κ3) is 2.44. The minimum absolute atomic E-state index is 0.409. The summed E-state index contributed by atoms with van der Waals surface area (Å²) in [6, 6.07) is 1.64. The lowest BCUT2D eigenvalue weighted by molar-refractivity contribution is 0.649. The molecule has 0 spiro atoms. The van der Waals surface area contributed by atoms with Gasteiger partial charge in [0.15, 0.2) is 5.65 Å². The summed E-state index contributed by atoms with van der Waals surface area (Å²) in [6.45, 7) is 0.414. The lowest BCUT2D eigenvalue weighted by Gasteiger charge is -2.00. The average Bonchev–Trinajstić information content (AvgIpc) is 2.95. The Morgan fingerprint density at radius 3 is 2.90 bits per heavy atom. The Morgan fingerprint density at radius 1 is 1.35 bits per heavy atom. The molecule has 0 radical (unpaired) electrons.